The molecule has 0 radical (unpaired) electrons. The van der Waals surface area contributed by atoms with Gasteiger partial charge >= 0.3 is 0 Å². The van der Waals surface area contributed by atoms with Gasteiger partial charge in [0.2, 0.25) is 5.95 Å². The number of nitrogens with zero attached hydrogens (tertiary/aromatic N) is 6. The highest BCUT2D eigenvalue weighted by Gasteiger charge is 2.26. The third-order valence-electron chi connectivity index (χ3n) is 6.12. The summed E-state index contributed by atoms with van der Waals surface area (Å²) in [5.41, 5.74) is 2.59. The van der Waals surface area contributed by atoms with Crippen molar-refractivity contribution in [3.63, 3.8) is 0 Å². The molecule has 1 aliphatic carbocycles. The van der Waals surface area contributed by atoms with E-state index in [-0.39, 0.29) is 5.91 Å². The average molecular weight is 436 g/mol. The van der Waals surface area contributed by atoms with Crippen molar-refractivity contribution in [1.82, 2.24) is 24.4 Å². The summed E-state index contributed by atoms with van der Waals surface area (Å²) in [4.78, 5) is 30.6. The fourth-order valence-corrected chi connectivity index (χ4v) is 4.50. The van der Waals surface area contributed by atoms with Gasteiger partial charge in [-0.15, -0.1) is 0 Å². The Kier molecular flexibility index (Phi) is 6.58. The van der Waals surface area contributed by atoms with Crippen molar-refractivity contribution in [3.05, 3.63) is 36.3 Å². The van der Waals surface area contributed by atoms with Gasteiger partial charge in [0.05, 0.1) is 11.9 Å². The number of carbonyl (C=O) groups excluding carboxylic acids is 1. The average Bonchev–Trinajstić information content (AvgIpc) is 3.45. The second-order valence-corrected chi connectivity index (χ2v) is 8.62. The smallest absolute Gasteiger partial charge is 0.270 e. The molecule has 170 valence electrons. The van der Waals surface area contributed by atoms with Gasteiger partial charge in [0.1, 0.15) is 17.2 Å². The highest BCUT2D eigenvalue weighted by atomic mass is 16.2. The first kappa shape index (κ1) is 22.0. The van der Waals surface area contributed by atoms with E-state index < -0.39 is 0 Å². The number of hydrogen-bond acceptors (Lipinski definition) is 6. The zero-order chi connectivity index (χ0) is 22.7. The molecule has 0 unspecified atom stereocenters. The highest BCUT2D eigenvalue weighted by molar-refractivity contribution is 5.97. The van der Waals surface area contributed by atoms with Crippen LogP contribution in [0.2, 0.25) is 0 Å². The number of anilines is 3. The maximum atomic E-state index is 12.9. The van der Waals surface area contributed by atoms with Crippen LogP contribution in [0, 0.1) is 0 Å². The number of nitrogens with one attached hydrogen (secondary N) is 1. The molecule has 0 atom stereocenters. The Hall–Kier alpha value is -3.16. The van der Waals surface area contributed by atoms with Crippen molar-refractivity contribution in [2.75, 3.05) is 37.4 Å². The molecule has 0 saturated heterocycles. The van der Waals surface area contributed by atoms with E-state index in [1.54, 1.807) is 25.2 Å². The summed E-state index contributed by atoms with van der Waals surface area (Å²) in [6, 6.07) is 6.24. The third kappa shape index (κ3) is 4.40. The Balaban J connectivity index is 1.64. The lowest BCUT2D eigenvalue weighted by molar-refractivity contribution is 0.0815. The van der Waals surface area contributed by atoms with Crippen LogP contribution in [-0.2, 0) is 0 Å². The van der Waals surface area contributed by atoms with Crippen molar-refractivity contribution in [2.45, 2.75) is 52.0 Å². The second kappa shape index (κ2) is 9.54. The van der Waals surface area contributed by atoms with Crippen LogP contribution >= 0.6 is 0 Å². The van der Waals surface area contributed by atoms with Crippen LogP contribution in [0.3, 0.4) is 0 Å². The molecule has 8 heteroatoms. The van der Waals surface area contributed by atoms with E-state index in [9.17, 15) is 4.79 Å². The van der Waals surface area contributed by atoms with E-state index in [2.05, 4.69) is 44.7 Å². The van der Waals surface area contributed by atoms with Crippen LogP contribution in [0.4, 0.5) is 17.5 Å². The van der Waals surface area contributed by atoms with Crippen LogP contribution in [-0.4, -0.2) is 57.5 Å². The first-order chi connectivity index (χ1) is 15.5. The lowest BCUT2D eigenvalue weighted by Crippen LogP contribution is -2.25. The van der Waals surface area contributed by atoms with Gasteiger partial charge in [0.25, 0.3) is 5.91 Å². The summed E-state index contributed by atoms with van der Waals surface area (Å²) < 4.78 is 2.12. The van der Waals surface area contributed by atoms with E-state index in [0.717, 1.165) is 49.1 Å². The van der Waals surface area contributed by atoms with Gasteiger partial charge in [0, 0.05) is 44.8 Å². The maximum Gasteiger partial charge on any atom is 0.270 e. The molecule has 3 aromatic heterocycles. The van der Waals surface area contributed by atoms with Crippen molar-refractivity contribution >= 4 is 34.4 Å². The molecule has 1 amide bonds. The number of aromatic nitrogens is 4. The van der Waals surface area contributed by atoms with E-state index in [1.807, 2.05) is 18.3 Å². The quantitative estimate of drug-likeness (QED) is 0.556. The topological polar surface area (TPSA) is 79.2 Å². The molecule has 3 heterocycles. The zero-order valence-electron chi connectivity index (χ0n) is 19.5. The monoisotopic (exact) mass is 435 g/mol. The minimum atomic E-state index is -0.00535. The number of rotatable bonds is 8. The van der Waals surface area contributed by atoms with Crippen molar-refractivity contribution in [1.29, 1.82) is 0 Å². The second-order valence-electron chi connectivity index (χ2n) is 8.62. The van der Waals surface area contributed by atoms with E-state index in [0.29, 0.717) is 23.5 Å². The van der Waals surface area contributed by atoms with Gasteiger partial charge in [-0.05, 0) is 44.4 Å². The predicted molar refractivity (Wildman–Crippen MR) is 129 cm³/mol. The third-order valence-corrected chi connectivity index (χ3v) is 6.12. The van der Waals surface area contributed by atoms with E-state index in [4.69, 9.17) is 4.98 Å². The SMILES string of the molecule is CCCN(CC)c1ccc(Nc2ncc3cc(C(=O)N(C)C)n(C4CCCC4)c3n2)nc1. The molecule has 32 heavy (non-hydrogen) atoms. The molecule has 8 nitrogen and oxygen atoms in total. The Morgan fingerprint density at radius 1 is 1.16 bits per heavy atom. The van der Waals surface area contributed by atoms with Gasteiger partial charge < -0.3 is 19.7 Å². The Morgan fingerprint density at radius 3 is 2.56 bits per heavy atom. The molecule has 0 spiro atoms. The van der Waals surface area contributed by atoms with Crippen LogP contribution in [0.1, 0.15) is 62.5 Å². The van der Waals surface area contributed by atoms with E-state index in [1.165, 1.54) is 12.8 Å². The van der Waals surface area contributed by atoms with Crippen LogP contribution in [0.5, 0.6) is 0 Å². The molecule has 0 aliphatic heterocycles. The molecular formula is C24H33N7O. The molecule has 1 N–H and O–H groups in total. The summed E-state index contributed by atoms with van der Waals surface area (Å²) >= 11 is 0. The first-order valence-electron chi connectivity index (χ1n) is 11.6. The Bertz CT molecular complexity index is 1070. The molecule has 3 aromatic rings. The molecule has 1 fully saturated rings. The fourth-order valence-electron chi connectivity index (χ4n) is 4.50. The fraction of sp³-hybridized carbons (Fsp3) is 0.500. The van der Waals surface area contributed by atoms with Gasteiger partial charge in [-0.2, -0.15) is 4.98 Å². The lowest BCUT2D eigenvalue weighted by atomic mass is 10.2. The zero-order valence-corrected chi connectivity index (χ0v) is 19.5. The van der Waals surface area contributed by atoms with E-state index >= 15 is 0 Å². The van der Waals surface area contributed by atoms with Crippen LogP contribution in [0.15, 0.2) is 30.6 Å². The normalized spacial score (nSPS) is 14.1. The minimum absolute atomic E-state index is 0.00535. The Morgan fingerprint density at radius 2 is 1.94 bits per heavy atom. The standard InChI is InChI=1S/C24H33N7O/c1-5-13-30(6-2)19-11-12-21(25-16-19)27-24-26-15-17-14-20(23(32)29(3)4)31(22(17)28-24)18-9-7-8-10-18/h11-12,14-16,18H,5-10,13H2,1-4H3,(H,25,26,27,28). The maximum absolute atomic E-state index is 12.9. The summed E-state index contributed by atoms with van der Waals surface area (Å²) in [6.07, 6.45) is 9.27. The van der Waals surface area contributed by atoms with Gasteiger partial charge in [-0.1, -0.05) is 19.8 Å². The first-order valence-corrected chi connectivity index (χ1v) is 11.6. The van der Waals surface area contributed by atoms with Crippen LogP contribution in [0.25, 0.3) is 11.0 Å². The summed E-state index contributed by atoms with van der Waals surface area (Å²) in [5.74, 6) is 1.18. The van der Waals surface area contributed by atoms with Crippen molar-refractivity contribution in [3.8, 4) is 0 Å². The molecule has 4 rings (SSSR count). The summed E-state index contributed by atoms with van der Waals surface area (Å²) in [7, 11) is 3.57. The number of fused-ring (bicyclic) bond motifs is 1. The molecule has 1 aliphatic rings. The molecule has 0 aromatic carbocycles. The Labute approximate surface area is 189 Å². The minimum Gasteiger partial charge on any atom is -0.371 e. The molecular weight excluding hydrogens is 402 g/mol. The van der Waals surface area contributed by atoms with Crippen molar-refractivity contribution in [2.24, 2.45) is 0 Å². The van der Waals surface area contributed by atoms with Crippen LogP contribution < -0.4 is 10.2 Å². The van der Waals surface area contributed by atoms with Gasteiger partial charge in [-0.25, -0.2) is 9.97 Å². The molecule has 1 saturated carbocycles. The lowest BCUT2D eigenvalue weighted by Gasteiger charge is -2.22. The van der Waals surface area contributed by atoms with Crippen molar-refractivity contribution < 1.29 is 4.79 Å². The number of amides is 1. The highest BCUT2D eigenvalue weighted by Crippen LogP contribution is 2.34. The number of hydrogen-bond donors (Lipinski definition) is 1. The van der Waals surface area contributed by atoms with Gasteiger partial charge in [0.15, 0.2) is 0 Å². The number of pyridine rings is 1. The largest absolute Gasteiger partial charge is 0.371 e. The number of carbonyl (C=O) groups is 1. The molecule has 0 bridgehead atoms. The predicted octanol–water partition coefficient (Wildman–Crippen LogP) is 4.62. The van der Waals surface area contributed by atoms with Gasteiger partial charge in [-0.3, -0.25) is 4.79 Å². The summed E-state index contributed by atoms with van der Waals surface area (Å²) in [5, 5.41) is 4.11. The summed E-state index contributed by atoms with van der Waals surface area (Å²) in [6.45, 7) is 6.29.